The normalized spacial score (nSPS) is 10.3. The zero-order valence-corrected chi connectivity index (χ0v) is 11.3. The van der Waals surface area contributed by atoms with Crippen LogP contribution in [0.2, 0.25) is 0 Å². The summed E-state index contributed by atoms with van der Waals surface area (Å²) in [6.07, 6.45) is 2.77. The molecule has 0 saturated carbocycles. The Morgan fingerprint density at radius 1 is 1.00 bits per heavy atom. The third-order valence-electron chi connectivity index (χ3n) is 2.26. The summed E-state index contributed by atoms with van der Waals surface area (Å²) in [5.41, 5.74) is 0.697. The van der Waals surface area contributed by atoms with Gasteiger partial charge in [-0.25, -0.2) is 4.79 Å². The largest absolute Gasteiger partial charge is 0.493 e. The van der Waals surface area contributed by atoms with Gasteiger partial charge in [0, 0.05) is 6.08 Å². The van der Waals surface area contributed by atoms with Crippen LogP contribution in [0.4, 0.5) is 0 Å². The first-order valence-corrected chi connectivity index (χ1v) is 5.39. The minimum atomic E-state index is -0.615. The van der Waals surface area contributed by atoms with Gasteiger partial charge in [-0.1, -0.05) is 0 Å². The standard InChI is InChI=1S/C13H16O6/c1-15-10-7-9(5-6-12(14)19-18-4)8-11(16-2)13(10)17-3/h5-8H,1-4H3/b6-5+. The fourth-order valence-corrected chi connectivity index (χ4v) is 1.47. The number of methoxy groups -OCH3 is 3. The molecule has 0 unspecified atom stereocenters. The molecule has 1 rings (SSSR count). The van der Waals surface area contributed by atoms with E-state index in [1.54, 1.807) is 18.2 Å². The average Bonchev–Trinajstić information content (AvgIpc) is 2.44. The van der Waals surface area contributed by atoms with Crippen molar-refractivity contribution in [3.63, 3.8) is 0 Å². The molecular weight excluding hydrogens is 252 g/mol. The van der Waals surface area contributed by atoms with Crippen LogP contribution in [0.15, 0.2) is 18.2 Å². The van der Waals surface area contributed by atoms with Gasteiger partial charge in [0.1, 0.15) is 0 Å². The van der Waals surface area contributed by atoms with Crippen molar-refractivity contribution in [3.05, 3.63) is 23.8 Å². The lowest BCUT2D eigenvalue weighted by Gasteiger charge is -2.12. The maximum atomic E-state index is 11.1. The van der Waals surface area contributed by atoms with Crippen molar-refractivity contribution < 1.29 is 28.8 Å². The summed E-state index contributed by atoms with van der Waals surface area (Å²) in [6.45, 7) is 0. The molecule has 1 aromatic carbocycles. The van der Waals surface area contributed by atoms with E-state index in [-0.39, 0.29) is 0 Å². The van der Waals surface area contributed by atoms with Crippen molar-refractivity contribution in [1.29, 1.82) is 0 Å². The second kappa shape index (κ2) is 7.27. The number of carbonyl (C=O) groups excluding carboxylic acids is 1. The molecule has 0 spiro atoms. The predicted octanol–water partition coefficient (Wildman–Crippen LogP) is 1.83. The van der Waals surface area contributed by atoms with Crippen LogP contribution in [0.3, 0.4) is 0 Å². The lowest BCUT2D eigenvalue weighted by atomic mass is 10.1. The van der Waals surface area contributed by atoms with Gasteiger partial charge in [0.25, 0.3) is 0 Å². The minimum absolute atomic E-state index is 0.488. The summed E-state index contributed by atoms with van der Waals surface area (Å²) in [5.74, 6) is 0.876. The van der Waals surface area contributed by atoms with Crippen molar-refractivity contribution in [3.8, 4) is 17.2 Å². The molecule has 0 N–H and O–H groups in total. The zero-order valence-electron chi connectivity index (χ0n) is 11.3. The SMILES string of the molecule is COOC(=O)/C=C/c1cc(OC)c(OC)c(OC)c1. The van der Waals surface area contributed by atoms with E-state index in [0.717, 1.165) is 0 Å². The number of carbonyl (C=O) groups is 1. The van der Waals surface area contributed by atoms with E-state index in [0.29, 0.717) is 22.8 Å². The van der Waals surface area contributed by atoms with Crippen LogP contribution in [-0.2, 0) is 14.6 Å². The van der Waals surface area contributed by atoms with Crippen LogP contribution < -0.4 is 14.2 Å². The number of hydrogen-bond donors (Lipinski definition) is 0. The summed E-state index contributed by atoms with van der Waals surface area (Å²) >= 11 is 0. The van der Waals surface area contributed by atoms with Crippen LogP contribution in [-0.4, -0.2) is 34.4 Å². The highest BCUT2D eigenvalue weighted by atomic mass is 17.2. The molecule has 0 aliphatic rings. The first-order chi connectivity index (χ1) is 9.15. The molecule has 19 heavy (non-hydrogen) atoms. The highest BCUT2D eigenvalue weighted by molar-refractivity contribution is 5.87. The van der Waals surface area contributed by atoms with E-state index in [1.165, 1.54) is 34.5 Å². The Morgan fingerprint density at radius 2 is 1.58 bits per heavy atom. The number of benzene rings is 1. The van der Waals surface area contributed by atoms with Gasteiger partial charge < -0.3 is 14.2 Å². The molecule has 6 heteroatoms. The van der Waals surface area contributed by atoms with Gasteiger partial charge in [0.15, 0.2) is 11.5 Å². The second-order valence-electron chi connectivity index (χ2n) is 3.36. The van der Waals surface area contributed by atoms with Crippen LogP contribution >= 0.6 is 0 Å². The summed E-state index contributed by atoms with van der Waals surface area (Å²) < 4.78 is 15.6. The fraction of sp³-hybridized carbons (Fsp3) is 0.308. The molecular formula is C13H16O6. The first-order valence-electron chi connectivity index (χ1n) is 5.39. The minimum Gasteiger partial charge on any atom is -0.493 e. The average molecular weight is 268 g/mol. The molecule has 0 bridgehead atoms. The number of rotatable bonds is 6. The van der Waals surface area contributed by atoms with Gasteiger partial charge in [-0.15, -0.1) is 0 Å². The van der Waals surface area contributed by atoms with Crippen LogP contribution in [0.1, 0.15) is 5.56 Å². The van der Waals surface area contributed by atoms with Gasteiger partial charge in [-0.3, -0.25) is 4.89 Å². The van der Waals surface area contributed by atoms with Crippen LogP contribution in [0.25, 0.3) is 6.08 Å². The fourth-order valence-electron chi connectivity index (χ4n) is 1.47. The van der Waals surface area contributed by atoms with Gasteiger partial charge in [0.2, 0.25) is 5.75 Å². The molecule has 0 saturated heterocycles. The lowest BCUT2D eigenvalue weighted by Crippen LogP contribution is -1.98. The Labute approximate surface area is 111 Å². The van der Waals surface area contributed by atoms with Gasteiger partial charge >= 0.3 is 5.97 Å². The Balaban J connectivity index is 3.06. The first kappa shape index (κ1) is 14.8. The van der Waals surface area contributed by atoms with E-state index < -0.39 is 5.97 Å². The maximum absolute atomic E-state index is 11.1. The number of ether oxygens (including phenoxy) is 3. The van der Waals surface area contributed by atoms with Crippen LogP contribution in [0.5, 0.6) is 17.2 Å². The zero-order chi connectivity index (χ0) is 14.3. The quantitative estimate of drug-likeness (QED) is 0.445. The summed E-state index contributed by atoms with van der Waals surface area (Å²) in [4.78, 5) is 19.7. The van der Waals surface area contributed by atoms with Crippen molar-refractivity contribution in [2.45, 2.75) is 0 Å². The molecule has 0 heterocycles. The van der Waals surface area contributed by atoms with Crippen molar-refractivity contribution in [2.24, 2.45) is 0 Å². The van der Waals surface area contributed by atoms with Gasteiger partial charge in [-0.2, -0.15) is 4.89 Å². The van der Waals surface area contributed by atoms with E-state index in [4.69, 9.17) is 14.2 Å². The third-order valence-corrected chi connectivity index (χ3v) is 2.26. The van der Waals surface area contributed by atoms with E-state index >= 15 is 0 Å². The molecule has 0 amide bonds. The molecule has 0 aromatic heterocycles. The maximum Gasteiger partial charge on any atom is 0.365 e. The molecule has 0 aliphatic heterocycles. The van der Waals surface area contributed by atoms with E-state index in [1.807, 2.05) is 0 Å². The highest BCUT2D eigenvalue weighted by Gasteiger charge is 2.12. The topological polar surface area (TPSA) is 63.2 Å². The van der Waals surface area contributed by atoms with E-state index in [2.05, 4.69) is 9.78 Å². The smallest absolute Gasteiger partial charge is 0.365 e. The lowest BCUT2D eigenvalue weighted by molar-refractivity contribution is -0.249. The Morgan fingerprint density at radius 3 is 2.00 bits per heavy atom. The third kappa shape index (κ3) is 3.89. The Bertz CT molecular complexity index is 441. The summed E-state index contributed by atoms with van der Waals surface area (Å²) in [7, 11) is 5.81. The highest BCUT2D eigenvalue weighted by Crippen LogP contribution is 2.38. The molecule has 0 fully saturated rings. The number of hydrogen-bond acceptors (Lipinski definition) is 6. The van der Waals surface area contributed by atoms with Crippen molar-refractivity contribution >= 4 is 12.0 Å². The van der Waals surface area contributed by atoms with E-state index in [9.17, 15) is 4.79 Å². The summed E-state index contributed by atoms with van der Waals surface area (Å²) in [5, 5.41) is 0. The van der Waals surface area contributed by atoms with Crippen molar-refractivity contribution in [2.75, 3.05) is 28.4 Å². The second-order valence-corrected chi connectivity index (χ2v) is 3.36. The predicted molar refractivity (Wildman–Crippen MR) is 68.2 cm³/mol. The van der Waals surface area contributed by atoms with Gasteiger partial charge in [-0.05, 0) is 23.8 Å². The molecule has 1 aromatic rings. The van der Waals surface area contributed by atoms with Crippen molar-refractivity contribution in [1.82, 2.24) is 0 Å². The molecule has 0 aliphatic carbocycles. The Hall–Kier alpha value is -2.21. The molecule has 104 valence electrons. The Kier molecular flexibility index (Phi) is 5.69. The van der Waals surface area contributed by atoms with Crippen LogP contribution in [0, 0.1) is 0 Å². The summed E-state index contributed by atoms with van der Waals surface area (Å²) in [6, 6.07) is 3.41. The molecule has 0 atom stereocenters. The molecule has 6 nitrogen and oxygen atoms in total. The monoisotopic (exact) mass is 268 g/mol. The molecule has 0 radical (unpaired) electrons. The van der Waals surface area contributed by atoms with Gasteiger partial charge in [0.05, 0.1) is 28.4 Å².